The van der Waals surface area contributed by atoms with Gasteiger partial charge in [0.2, 0.25) is 0 Å². The van der Waals surface area contributed by atoms with Crippen LogP contribution in [0.2, 0.25) is 0 Å². The van der Waals surface area contributed by atoms with E-state index in [-0.39, 0.29) is 6.04 Å². The van der Waals surface area contributed by atoms with Crippen LogP contribution in [0.4, 0.5) is 0 Å². The van der Waals surface area contributed by atoms with E-state index in [0.717, 1.165) is 40.2 Å². The molecule has 4 rings (SSSR count). The van der Waals surface area contributed by atoms with Crippen molar-refractivity contribution in [3.8, 4) is 23.0 Å². The lowest BCUT2D eigenvalue weighted by molar-refractivity contribution is 0.355. The molecule has 0 aliphatic heterocycles. The second-order valence-electron chi connectivity index (χ2n) is 8.20. The third-order valence-electron chi connectivity index (χ3n) is 5.37. The molecule has 0 fully saturated rings. The first-order valence-electron chi connectivity index (χ1n) is 11.0. The van der Waals surface area contributed by atoms with Crippen LogP contribution in [-0.2, 0) is 0 Å². The summed E-state index contributed by atoms with van der Waals surface area (Å²) in [5.74, 6) is 3.36. The third kappa shape index (κ3) is 5.23. The van der Waals surface area contributed by atoms with Crippen molar-refractivity contribution in [2.45, 2.75) is 19.9 Å². The van der Waals surface area contributed by atoms with Crippen molar-refractivity contribution in [2.24, 2.45) is 5.92 Å². The van der Waals surface area contributed by atoms with Crippen LogP contribution in [0, 0.1) is 5.92 Å². The summed E-state index contributed by atoms with van der Waals surface area (Å²) in [4.78, 5) is 9.15. The number of nitrogens with zero attached hydrogens (tertiary/aromatic N) is 2. The smallest absolute Gasteiger partial charge is 0.162 e. The van der Waals surface area contributed by atoms with Crippen LogP contribution in [0.1, 0.15) is 31.1 Å². The summed E-state index contributed by atoms with van der Waals surface area (Å²) in [6, 6.07) is 21.6. The van der Waals surface area contributed by atoms with E-state index in [1.807, 2.05) is 54.6 Å². The van der Waals surface area contributed by atoms with E-state index < -0.39 is 0 Å². The summed E-state index contributed by atoms with van der Waals surface area (Å²) in [7, 11) is 3.25. The van der Waals surface area contributed by atoms with E-state index in [9.17, 15) is 0 Å². The van der Waals surface area contributed by atoms with Crippen molar-refractivity contribution in [1.82, 2.24) is 15.3 Å². The van der Waals surface area contributed by atoms with Crippen LogP contribution < -0.4 is 19.5 Å². The van der Waals surface area contributed by atoms with Crippen LogP contribution in [0.25, 0.3) is 10.9 Å². The van der Waals surface area contributed by atoms with Gasteiger partial charge in [-0.25, -0.2) is 9.97 Å². The molecule has 1 atom stereocenters. The number of aromatic nitrogens is 2. The Morgan fingerprint density at radius 2 is 1.48 bits per heavy atom. The van der Waals surface area contributed by atoms with Gasteiger partial charge in [-0.1, -0.05) is 44.2 Å². The van der Waals surface area contributed by atoms with E-state index in [1.165, 1.54) is 0 Å². The molecule has 1 N–H and O–H groups in total. The lowest BCUT2D eigenvalue weighted by Crippen LogP contribution is -2.27. The second-order valence-corrected chi connectivity index (χ2v) is 8.20. The molecule has 0 unspecified atom stereocenters. The third-order valence-corrected chi connectivity index (χ3v) is 5.37. The van der Waals surface area contributed by atoms with E-state index >= 15 is 0 Å². The number of para-hydroxylation sites is 1. The van der Waals surface area contributed by atoms with Crippen LogP contribution >= 0.6 is 0 Å². The molecule has 0 bridgehead atoms. The maximum absolute atomic E-state index is 5.97. The van der Waals surface area contributed by atoms with Gasteiger partial charge >= 0.3 is 0 Å². The zero-order valence-corrected chi connectivity index (χ0v) is 19.4. The van der Waals surface area contributed by atoms with E-state index in [0.29, 0.717) is 17.4 Å². The Hall–Kier alpha value is -3.64. The first-order chi connectivity index (χ1) is 16.1. The maximum atomic E-state index is 5.97. The molecule has 0 amide bonds. The molecule has 0 saturated heterocycles. The molecule has 0 aliphatic carbocycles. The molecule has 0 spiro atoms. The Balaban J connectivity index is 1.72. The maximum Gasteiger partial charge on any atom is 0.162 e. The number of rotatable bonds is 9. The molecular formula is C27H29N3O3. The van der Waals surface area contributed by atoms with Gasteiger partial charge in [-0.05, 0) is 48.4 Å². The molecular weight excluding hydrogens is 414 g/mol. The van der Waals surface area contributed by atoms with Crippen molar-refractivity contribution in [3.05, 3.63) is 84.3 Å². The Morgan fingerprint density at radius 3 is 2.15 bits per heavy atom. The normalized spacial score (nSPS) is 12.0. The molecule has 3 aromatic carbocycles. The lowest BCUT2D eigenvalue weighted by Gasteiger charge is -2.22. The minimum absolute atomic E-state index is 0.123. The van der Waals surface area contributed by atoms with Gasteiger partial charge in [0.1, 0.15) is 17.8 Å². The monoisotopic (exact) mass is 443 g/mol. The Bertz CT molecular complexity index is 1190. The Morgan fingerprint density at radius 1 is 0.818 bits per heavy atom. The number of hydrogen-bond donors (Lipinski definition) is 1. The van der Waals surface area contributed by atoms with E-state index in [2.05, 4.69) is 41.3 Å². The molecule has 0 saturated carbocycles. The van der Waals surface area contributed by atoms with Gasteiger partial charge in [-0.3, -0.25) is 0 Å². The fraction of sp³-hybridized carbons (Fsp3) is 0.259. The Labute approximate surface area is 194 Å². The molecule has 0 aliphatic rings. The average Bonchev–Trinajstić information content (AvgIpc) is 2.84. The highest BCUT2D eigenvalue weighted by Crippen LogP contribution is 2.35. The van der Waals surface area contributed by atoms with Crippen LogP contribution in [0.15, 0.2) is 73.1 Å². The fourth-order valence-electron chi connectivity index (χ4n) is 3.71. The van der Waals surface area contributed by atoms with Crippen molar-refractivity contribution >= 4 is 10.9 Å². The quantitative estimate of drug-likeness (QED) is 0.354. The largest absolute Gasteiger partial charge is 0.493 e. The molecule has 0 radical (unpaired) electrons. The summed E-state index contributed by atoms with van der Waals surface area (Å²) < 4.78 is 17.0. The number of hydrogen-bond acceptors (Lipinski definition) is 6. The summed E-state index contributed by atoms with van der Waals surface area (Å²) in [5.41, 5.74) is 2.78. The number of benzene rings is 3. The molecule has 4 aromatic rings. The zero-order chi connectivity index (χ0) is 23.2. The van der Waals surface area contributed by atoms with Crippen LogP contribution in [-0.4, -0.2) is 30.7 Å². The number of fused-ring (bicyclic) bond motifs is 1. The summed E-state index contributed by atoms with van der Waals surface area (Å²) in [5, 5.41) is 4.59. The molecule has 6 nitrogen and oxygen atoms in total. The van der Waals surface area contributed by atoms with Crippen molar-refractivity contribution in [1.29, 1.82) is 0 Å². The van der Waals surface area contributed by atoms with Gasteiger partial charge < -0.3 is 19.5 Å². The highest BCUT2D eigenvalue weighted by atomic mass is 16.5. The van der Waals surface area contributed by atoms with E-state index in [1.54, 1.807) is 20.5 Å². The molecule has 170 valence electrons. The molecule has 1 aromatic heterocycles. The minimum Gasteiger partial charge on any atom is -0.493 e. The van der Waals surface area contributed by atoms with Gasteiger partial charge in [0, 0.05) is 11.5 Å². The van der Waals surface area contributed by atoms with E-state index in [4.69, 9.17) is 14.2 Å². The van der Waals surface area contributed by atoms with Gasteiger partial charge in [0.15, 0.2) is 11.5 Å². The van der Waals surface area contributed by atoms with Crippen LogP contribution in [0.5, 0.6) is 23.0 Å². The highest BCUT2D eigenvalue weighted by molar-refractivity contribution is 5.85. The molecule has 33 heavy (non-hydrogen) atoms. The average molecular weight is 444 g/mol. The van der Waals surface area contributed by atoms with Crippen molar-refractivity contribution < 1.29 is 14.2 Å². The first-order valence-corrected chi connectivity index (χ1v) is 11.0. The summed E-state index contributed by atoms with van der Waals surface area (Å²) >= 11 is 0. The van der Waals surface area contributed by atoms with Crippen molar-refractivity contribution in [3.63, 3.8) is 0 Å². The predicted molar refractivity (Wildman–Crippen MR) is 130 cm³/mol. The van der Waals surface area contributed by atoms with Crippen molar-refractivity contribution in [2.75, 3.05) is 20.8 Å². The number of methoxy groups -OCH3 is 2. The summed E-state index contributed by atoms with van der Waals surface area (Å²) in [6.07, 6.45) is 1.60. The molecule has 6 heteroatoms. The minimum atomic E-state index is -0.123. The summed E-state index contributed by atoms with van der Waals surface area (Å²) in [6.45, 7) is 5.21. The second kappa shape index (κ2) is 10.3. The zero-order valence-electron chi connectivity index (χ0n) is 19.4. The fourth-order valence-corrected chi connectivity index (χ4v) is 3.71. The van der Waals surface area contributed by atoms with Gasteiger partial charge in [-0.2, -0.15) is 0 Å². The van der Waals surface area contributed by atoms with Crippen LogP contribution in [0.3, 0.4) is 0 Å². The number of nitrogens with one attached hydrogen (secondary N) is 1. The first kappa shape index (κ1) is 22.6. The SMILES string of the molecule is COc1cc2ncnc([C@@H](NCC(C)C)c3ccc(Oc4ccccc4)cc3)c2cc1OC. The number of ether oxygens (including phenoxy) is 3. The van der Waals surface area contributed by atoms with Gasteiger partial charge in [0.05, 0.1) is 31.5 Å². The van der Waals surface area contributed by atoms with Gasteiger partial charge in [-0.15, -0.1) is 0 Å². The highest BCUT2D eigenvalue weighted by Gasteiger charge is 2.21. The molecule has 1 heterocycles. The standard InChI is InChI=1S/C27H29N3O3/c1-18(2)16-28-26(19-10-12-21(13-11-19)33-20-8-6-5-7-9-20)27-22-14-24(31-3)25(32-4)15-23(22)29-17-30-27/h5-15,17-18,26,28H,16H2,1-4H3/t26-/m0/s1. The predicted octanol–water partition coefficient (Wildman–Crippen LogP) is 5.77. The van der Waals surface area contributed by atoms with Gasteiger partial charge in [0.25, 0.3) is 0 Å². The topological polar surface area (TPSA) is 65.5 Å². The Kier molecular flexibility index (Phi) is 7.05. The lowest BCUT2D eigenvalue weighted by atomic mass is 9.99.